The lowest BCUT2D eigenvalue weighted by molar-refractivity contribution is 0.547. The highest BCUT2D eigenvalue weighted by Gasteiger charge is 2.54. The molecular formula is C20H23NO2S. The van der Waals surface area contributed by atoms with Crippen LogP contribution in [0, 0.1) is 20.8 Å². The molecule has 3 atom stereocenters. The Kier molecular flexibility index (Phi) is 4.37. The van der Waals surface area contributed by atoms with Crippen LogP contribution in [-0.2, 0) is 16.4 Å². The SMILES string of the molecule is C=C[C@@H]1[C@@H](Cc2ccccc2)N1S(=O)(=O)c1c(C)cc(C)cc1C. The van der Waals surface area contributed by atoms with E-state index in [1.54, 1.807) is 10.4 Å². The summed E-state index contributed by atoms with van der Waals surface area (Å²) in [5.74, 6) is 0. The zero-order chi connectivity index (χ0) is 17.5. The molecule has 1 aliphatic rings. The van der Waals surface area contributed by atoms with E-state index in [1.165, 1.54) is 0 Å². The molecule has 3 rings (SSSR count). The maximum Gasteiger partial charge on any atom is 0.244 e. The first-order chi connectivity index (χ1) is 11.4. The molecule has 0 saturated carbocycles. The first-order valence-corrected chi connectivity index (χ1v) is 9.58. The number of rotatable bonds is 5. The quantitative estimate of drug-likeness (QED) is 0.613. The van der Waals surface area contributed by atoms with Gasteiger partial charge in [0.15, 0.2) is 0 Å². The van der Waals surface area contributed by atoms with Gasteiger partial charge in [0.05, 0.1) is 17.0 Å². The van der Waals surface area contributed by atoms with Crippen molar-refractivity contribution in [2.75, 3.05) is 0 Å². The van der Waals surface area contributed by atoms with Gasteiger partial charge in [0, 0.05) is 0 Å². The van der Waals surface area contributed by atoms with Crippen molar-refractivity contribution in [3.8, 4) is 0 Å². The van der Waals surface area contributed by atoms with Crippen LogP contribution in [0.5, 0.6) is 0 Å². The van der Waals surface area contributed by atoms with E-state index >= 15 is 0 Å². The number of nitrogens with zero attached hydrogens (tertiary/aromatic N) is 1. The van der Waals surface area contributed by atoms with Gasteiger partial charge in [-0.1, -0.05) is 54.1 Å². The van der Waals surface area contributed by atoms with E-state index in [0.29, 0.717) is 11.3 Å². The van der Waals surface area contributed by atoms with E-state index in [2.05, 4.69) is 6.58 Å². The Bertz CT molecular complexity index is 849. The normalized spacial score (nSPS) is 23.0. The molecular weight excluding hydrogens is 318 g/mol. The van der Waals surface area contributed by atoms with Gasteiger partial charge in [-0.15, -0.1) is 6.58 Å². The Hall–Kier alpha value is -1.91. The maximum absolute atomic E-state index is 13.2. The van der Waals surface area contributed by atoms with Crippen molar-refractivity contribution in [1.82, 2.24) is 4.31 Å². The molecule has 126 valence electrons. The van der Waals surface area contributed by atoms with Crippen LogP contribution in [0.4, 0.5) is 0 Å². The maximum atomic E-state index is 13.2. The highest BCUT2D eigenvalue weighted by atomic mass is 32.2. The zero-order valence-corrected chi connectivity index (χ0v) is 15.2. The Morgan fingerprint density at radius 2 is 1.67 bits per heavy atom. The molecule has 1 saturated heterocycles. The van der Waals surface area contributed by atoms with Crippen LogP contribution < -0.4 is 0 Å². The molecule has 4 heteroatoms. The second-order valence-corrected chi connectivity index (χ2v) is 8.33. The topological polar surface area (TPSA) is 37.1 Å². The molecule has 0 aromatic heterocycles. The van der Waals surface area contributed by atoms with Gasteiger partial charge in [0.1, 0.15) is 0 Å². The second-order valence-electron chi connectivity index (χ2n) is 6.55. The lowest BCUT2D eigenvalue weighted by Gasteiger charge is -2.13. The fraction of sp³-hybridized carbons (Fsp3) is 0.300. The van der Waals surface area contributed by atoms with Crippen molar-refractivity contribution >= 4 is 10.0 Å². The summed E-state index contributed by atoms with van der Waals surface area (Å²) in [6.45, 7) is 9.54. The van der Waals surface area contributed by atoms with Gasteiger partial charge < -0.3 is 0 Å². The highest BCUT2D eigenvalue weighted by molar-refractivity contribution is 7.89. The van der Waals surface area contributed by atoms with Crippen LogP contribution in [0.3, 0.4) is 0 Å². The van der Waals surface area contributed by atoms with Crippen molar-refractivity contribution in [3.63, 3.8) is 0 Å². The van der Waals surface area contributed by atoms with Crippen LogP contribution in [-0.4, -0.2) is 24.8 Å². The Labute approximate surface area is 144 Å². The molecule has 0 amide bonds. The second kappa shape index (κ2) is 6.19. The van der Waals surface area contributed by atoms with Crippen molar-refractivity contribution in [1.29, 1.82) is 0 Å². The summed E-state index contributed by atoms with van der Waals surface area (Å²) in [6, 6.07) is 13.7. The number of hydrogen-bond donors (Lipinski definition) is 0. The molecule has 0 N–H and O–H groups in total. The van der Waals surface area contributed by atoms with Gasteiger partial charge in [-0.2, -0.15) is 4.31 Å². The minimum Gasteiger partial charge on any atom is -0.207 e. The molecule has 0 spiro atoms. The molecule has 0 aliphatic carbocycles. The third kappa shape index (κ3) is 2.92. The van der Waals surface area contributed by atoms with Crippen molar-refractivity contribution in [2.24, 2.45) is 0 Å². The smallest absolute Gasteiger partial charge is 0.207 e. The van der Waals surface area contributed by atoms with Crippen molar-refractivity contribution < 1.29 is 8.42 Å². The number of benzene rings is 2. The van der Waals surface area contributed by atoms with Crippen molar-refractivity contribution in [3.05, 3.63) is 77.4 Å². The molecule has 1 heterocycles. The largest absolute Gasteiger partial charge is 0.244 e. The number of hydrogen-bond acceptors (Lipinski definition) is 2. The van der Waals surface area contributed by atoms with Gasteiger partial charge in [-0.3, -0.25) is 0 Å². The van der Waals surface area contributed by atoms with Gasteiger partial charge in [-0.25, -0.2) is 8.42 Å². The predicted octanol–water partition coefficient (Wildman–Crippen LogP) is 3.78. The van der Waals surface area contributed by atoms with E-state index in [0.717, 1.165) is 22.3 Å². The lowest BCUT2D eigenvalue weighted by atomic mass is 10.1. The Morgan fingerprint density at radius 1 is 1.08 bits per heavy atom. The van der Waals surface area contributed by atoms with E-state index in [9.17, 15) is 8.42 Å². The van der Waals surface area contributed by atoms with Gasteiger partial charge in [0.25, 0.3) is 0 Å². The molecule has 2 aromatic rings. The molecule has 0 bridgehead atoms. The van der Waals surface area contributed by atoms with E-state index < -0.39 is 10.0 Å². The summed E-state index contributed by atoms with van der Waals surface area (Å²) >= 11 is 0. The average molecular weight is 341 g/mol. The minimum absolute atomic E-state index is 0.0463. The Morgan fingerprint density at radius 3 is 2.21 bits per heavy atom. The third-order valence-corrected chi connectivity index (χ3v) is 6.82. The molecule has 0 radical (unpaired) electrons. The van der Waals surface area contributed by atoms with Crippen LogP contribution >= 0.6 is 0 Å². The summed E-state index contributed by atoms with van der Waals surface area (Å²) in [6.07, 6.45) is 2.45. The summed E-state index contributed by atoms with van der Waals surface area (Å²) < 4.78 is 28.0. The first kappa shape index (κ1) is 16.9. The number of aryl methyl sites for hydroxylation is 3. The monoisotopic (exact) mass is 341 g/mol. The van der Waals surface area contributed by atoms with Gasteiger partial charge in [-0.05, 0) is 43.9 Å². The summed E-state index contributed by atoms with van der Waals surface area (Å²) in [7, 11) is -3.51. The number of sulfonamides is 1. The standard InChI is InChI=1S/C20H23NO2S/c1-5-18-19(13-17-9-7-6-8-10-17)21(18)24(22,23)20-15(3)11-14(2)12-16(20)4/h5-12,18-19H,1,13H2,2-4H3/t18-,19-,21?/m1/s1. The Balaban J connectivity index is 1.94. The van der Waals surface area contributed by atoms with Crippen molar-refractivity contribution in [2.45, 2.75) is 44.2 Å². The fourth-order valence-corrected chi connectivity index (χ4v) is 5.81. The molecule has 1 aliphatic heterocycles. The summed E-state index contributed by atoms with van der Waals surface area (Å²) in [4.78, 5) is 0.440. The zero-order valence-electron chi connectivity index (χ0n) is 14.4. The molecule has 1 fully saturated rings. The average Bonchev–Trinajstić information content (AvgIpc) is 3.20. The minimum atomic E-state index is -3.51. The van der Waals surface area contributed by atoms with E-state index in [4.69, 9.17) is 0 Å². The predicted molar refractivity (Wildman–Crippen MR) is 97.6 cm³/mol. The van der Waals surface area contributed by atoms with Crippen LogP contribution in [0.2, 0.25) is 0 Å². The van der Waals surface area contributed by atoms with Crippen LogP contribution in [0.15, 0.2) is 60.0 Å². The first-order valence-electron chi connectivity index (χ1n) is 8.14. The summed E-state index contributed by atoms with van der Waals surface area (Å²) in [5.41, 5.74) is 3.83. The molecule has 1 unspecified atom stereocenters. The van der Waals surface area contributed by atoms with Gasteiger partial charge in [0.2, 0.25) is 10.0 Å². The summed E-state index contributed by atoms with van der Waals surface area (Å²) in [5, 5.41) is 0. The van der Waals surface area contributed by atoms with Crippen LogP contribution in [0.25, 0.3) is 0 Å². The van der Waals surface area contributed by atoms with Crippen LogP contribution in [0.1, 0.15) is 22.3 Å². The molecule has 24 heavy (non-hydrogen) atoms. The lowest BCUT2D eigenvalue weighted by Crippen LogP contribution is -2.19. The third-order valence-electron chi connectivity index (χ3n) is 4.59. The highest BCUT2D eigenvalue weighted by Crippen LogP contribution is 2.40. The van der Waals surface area contributed by atoms with E-state index in [1.807, 2.05) is 63.2 Å². The van der Waals surface area contributed by atoms with E-state index in [-0.39, 0.29) is 12.1 Å². The fourth-order valence-electron chi connectivity index (χ4n) is 3.62. The molecule has 3 nitrogen and oxygen atoms in total. The molecule has 2 aromatic carbocycles. The van der Waals surface area contributed by atoms with Gasteiger partial charge >= 0.3 is 0 Å².